The second-order valence-corrected chi connectivity index (χ2v) is 5.32. The van der Waals surface area contributed by atoms with Crippen molar-refractivity contribution in [2.45, 2.75) is 6.92 Å². The number of nitrogens with zero attached hydrogens (tertiary/aromatic N) is 1. The number of hydrogen-bond acceptors (Lipinski definition) is 5. The minimum Gasteiger partial charge on any atom is -0.326 e. The predicted octanol–water partition coefficient (Wildman–Crippen LogP) is 2.82. The Morgan fingerprint density at radius 2 is 2.00 bits per heavy atom. The van der Waals surface area contributed by atoms with Crippen LogP contribution in [0.3, 0.4) is 0 Å². The standard InChI is InChI=1S/C12H9ClN4O3S/c1-6(18)14-8-5-3-2-4-7(8)10(19)16-12-15-9(13)11(17-20)21-12/h2-5H,1H3,(H,14,18)(H,15,16,19)/p+1. The lowest BCUT2D eigenvalue weighted by Crippen LogP contribution is -2.19. The molecule has 2 aromatic rings. The van der Waals surface area contributed by atoms with Crippen LogP contribution in [-0.4, -0.2) is 11.8 Å². The van der Waals surface area contributed by atoms with Gasteiger partial charge < -0.3 is 5.32 Å². The summed E-state index contributed by atoms with van der Waals surface area (Å²) in [5.74, 6) is -0.737. The Kier molecular flexibility index (Phi) is 4.61. The molecule has 0 aliphatic carbocycles. The van der Waals surface area contributed by atoms with E-state index in [-0.39, 0.29) is 26.8 Å². The molecule has 1 heterocycles. The zero-order valence-corrected chi connectivity index (χ0v) is 12.3. The maximum atomic E-state index is 12.2. The van der Waals surface area contributed by atoms with Crippen LogP contribution in [0.2, 0.25) is 5.15 Å². The van der Waals surface area contributed by atoms with E-state index in [0.717, 1.165) is 11.3 Å². The van der Waals surface area contributed by atoms with Crippen LogP contribution in [0.5, 0.6) is 0 Å². The molecule has 2 rings (SSSR count). The molecule has 7 nitrogen and oxygen atoms in total. The molecule has 0 aliphatic rings. The van der Waals surface area contributed by atoms with Gasteiger partial charge in [0.25, 0.3) is 0 Å². The van der Waals surface area contributed by atoms with Gasteiger partial charge in [-0.25, -0.2) is 9.78 Å². The molecule has 0 saturated heterocycles. The zero-order chi connectivity index (χ0) is 15.4. The minimum absolute atomic E-state index is 0.0436. The van der Waals surface area contributed by atoms with Crippen molar-refractivity contribution in [3.05, 3.63) is 39.9 Å². The van der Waals surface area contributed by atoms with Crippen molar-refractivity contribution < 1.29 is 14.6 Å². The first-order valence-corrected chi connectivity index (χ1v) is 6.93. The van der Waals surface area contributed by atoms with Gasteiger partial charge in [0.2, 0.25) is 16.1 Å². The Morgan fingerprint density at radius 3 is 2.62 bits per heavy atom. The normalized spacial score (nSPS) is 10.0. The number of aromatic nitrogens is 1. The van der Waals surface area contributed by atoms with Crippen LogP contribution in [0.25, 0.3) is 0 Å². The van der Waals surface area contributed by atoms with E-state index in [2.05, 4.69) is 20.8 Å². The van der Waals surface area contributed by atoms with Crippen molar-refractivity contribution in [1.29, 1.82) is 0 Å². The second-order valence-electron chi connectivity index (χ2n) is 3.95. The number of para-hydroxylation sites is 1. The fourth-order valence-electron chi connectivity index (χ4n) is 1.59. The SMILES string of the molecule is CC(=O)Nc1ccccc1C(=O)Nc1[nH+]c(Cl)c(N=O)s1. The summed E-state index contributed by atoms with van der Waals surface area (Å²) in [5, 5.41) is 8.22. The Labute approximate surface area is 128 Å². The summed E-state index contributed by atoms with van der Waals surface area (Å²) in [6, 6.07) is 6.54. The second kappa shape index (κ2) is 6.42. The molecule has 21 heavy (non-hydrogen) atoms. The molecule has 0 atom stereocenters. The molecule has 1 aromatic heterocycles. The molecule has 3 N–H and O–H groups in total. The number of thiazole rings is 1. The number of hydrogen-bond donors (Lipinski definition) is 2. The van der Waals surface area contributed by atoms with Gasteiger partial charge in [0, 0.05) is 6.92 Å². The smallest absolute Gasteiger partial charge is 0.326 e. The number of H-pyrrole nitrogens is 1. The van der Waals surface area contributed by atoms with Crippen molar-refractivity contribution in [2.24, 2.45) is 5.18 Å². The van der Waals surface area contributed by atoms with Gasteiger partial charge in [0.05, 0.1) is 11.3 Å². The van der Waals surface area contributed by atoms with Gasteiger partial charge in [-0.05, 0) is 40.2 Å². The predicted molar refractivity (Wildman–Crippen MR) is 80.0 cm³/mol. The van der Waals surface area contributed by atoms with Gasteiger partial charge in [-0.3, -0.25) is 4.79 Å². The van der Waals surface area contributed by atoms with Crippen molar-refractivity contribution in [2.75, 3.05) is 10.6 Å². The first-order valence-electron chi connectivity index (χ1n) is 5.74. The number of nitrogens with one attached hydrogen (secondary N) is 3. The number of rotatable bonds is 4. The number of amides is 2. The lowest BCUT2D eigenvalue weighted by Gasteiger charge is -2.06. The van der Waals surface area contributed by atoms with Gasteiger partial charge in [0.1, 0.15) is 0 Å². The fraction of sp³-hybridized carbons (Fsp3) is 0.0833. The van der Waals surface area contributed by atoms with Gasteiger partial charge in [-0.15, -0.1) is 4.91 Å². The fourth-order valence-corrected chi connectivity index (χ4v) is 2.55. The number of halogens is 1. The van der Waals surface area contributed by atoms with Crippen LogP contribution in [-0.2, 0) is 4.79 Å². The van der Waals surface area contributed by atoms with E-state index in [9.17, 15) is 14.5 Å². The molecule has 0 unspecified atom stereocenters. The van der Waals surface area contributed by atoms with E-state index in [1.54, 1.807) is 24.3 Å². The van der Waals surface area contributed by atoms with Gasteiger partial charge >= 0.3 is 11.0 Å². The average molecular weight is 326 g/mol. The molecular weight excluding hydrogens is 316 g/mol. The quantitative estimate of drug-likeness (QED) is 0.845. The van der Waals surface area contributed by atoms with E-state index in [1.807, 2.05) is 0 Å². The molecular formula is C12H10ClN4O3S+. The zero-order valence-electron chi connectivity index (χ0n) is 10.8. The Morgan fingerprint density at radius 1 is 1.29 bits per heavy atom. The van der Waals surface area contributed by atoms with Crippen LogP contribution < -0.4 is 15.6 Å². The summed E-state index contributed by atoms with van der Waals surface area (Å²) >= 11 is 6.64. The number of carbonyl (C=O) groups is 2. The Bertz CT molecular complexity index is 716. The highest BCUT2D eigenvalue weighted by Gasteiger charge is 2.21. The molecule has 9 heteroatoms. The monoisotopic (exact) mass is 325 g/mol. The molecule has 1 aromatic carbocycles. The number of benzene rings is 1. The summed E-state index contributed by atoms with van der Waals surface area (Å²) in [6.45, 7) is 1.35. The molecule has 0 aliphatic heterocycles. The Balaban J connectivity index is 2.23. The summed E-state index contributed by atoms with van der Waals surface area (Å²) < 4.78 is 0. The maximum absolute atomic E-state index is 12.2. The third-order valence-corrected chi connectivity index (χ3v) is 3.67. The van der Waals surface area contributed by atoms with Crippen molar-refractivity contribution in [1.82, 2.24) is 0 Å². The minimum atomic E-state index is -0.453. The molecule has 0 spiro atoms. The molecule has 0 bridgehead atoms. The highest BCUT2D eigenvalue weighted by atomic mass is 35.5. The highest BCUT2D eigenvalue weighted by molar-refractivity contribution is 7.19. The van der Waals surface area contributed by atoms with Gasteiger partial charge in [-0.2, -0.15) is 5.32 Å². The van der Waals surface area contributed by atoms with E-state index in [4.69, 9.17) is 11.6 Å². The largest absolute Gasteiger partial charge is 0.342 e. The average Bonchev–Trinajstić information content (AvgIpc) is 2.78. The lowest BCUT2D eigenvalue weighted by atomic mass is 10.1. The first-order chi connectivity index (χ1) is 10.0. The summed E-state index contributed by atoms with van der Waals surface area (Å²) in [4.78, 5) is 36.4. The third kappa shape index (κ3) is 3.61. The number of nitroso groups, excluding NO2 is 1. The van der Waals surface area contributed by atoms with E-state index < -0.39 is 5.91 Å². The van der Waals surface area contributed by atoms with Crippen molar-refractivity contribution in [3.8, 4) is 0 Å². The number of carbonyl (C=O) groups excluding carboxylic acids is 2. The number of anilines is 2. The third-order valence-electron chi connectivity index (χ3n) is 2.40. The molecule has 2 amide bonds. The molecule has 0 fully saturated rings. The summed E-state index contributed by atoms with van der Waals surface area (Å²) in [6.07, 6.45) is 0. The molecule has 108 valence electrons. The van der Waals surface area contributed by atoms with Crippen molar-refractivity contribution >= 4 is 50.6 Å². The summed E-state index contributed by atoms with van der Waals surface area (Å²) in [7, 11) is 0. The number of aromatic amines is 1. The highest BCUT2D eigenvalue weighted by Crippen LogP contribution is 2.31. The lowest BCUT2D eigenvalue weighted by molar-refractivity contribution is -0.351. The van der Waals surface area contributed by atoms with E-state index in [0.29, 0.717) is 5.69 Å². The maximum Gasteiger partial charge on any atom is 0.342 e. The topological polar surface area (TPSA) is 102 Å². The van der Waals surface area contributed by atoms with Crippen LogP contribution in [0.4, 0.5) is 15.8 Å². The van der Waals surface area contributed by atoms with Crippen LogP contribution in [0.15, 0.2) is 29.4 Å². The van der Waals surface area contributed by atoms with Gasteiger partial charge in [0.15, 0.2) is 0 Å². The van der Waals surface area contributed by atoms with Crippen LogP contribution in [0.1, 0.15) is 17.3 Å². The summed E-state index contributed by atoms with van der Waals surface area (Å²) in [5.41, 5.74) is 0.671. The van der Waals surface area contributed by atoms with E-state index in [1.165, 1.54) is 6.92 Å². The first kappa shape index (κ1) is 15.1. The van der Waals surface area contributed by atoms with Crippen LogP contribution in [0, 0.1) is 4.91 Å². The molecule has 0 radical (unpaired) electrons. The van der Waals surface area contributed by atoms with Gasteiger partial charge in [-0.1, -0.05) is 12.1 Å². The van der Waals surface area contributed by atoms with Crippen molar-refractivity contribution in [3.63, 3.8) is 0 Å². The molecule has 0 saturated carbocycles. The van der Waals surface area contributed by atoms with E-state index >= 15 is 0 Å². The Hall–Kier alpha value is -2.32. The van der Waals surface area contributed by atoms with Crippen LogP contribution >= 0.6 is 22.9 Å².